The molecule has 4 aromatic rings. The van der Waals surface area contributed by atoms with Crippen LogP contribution in [0.1, 0.15) is 11.1 Å². The maximum absolute atomic E-state index is 4.84. The standard InChI is InChI=1S/C21H19N3/c1-15-9-8-10-16(2)19(15)23-21-20(17-11-4-3-5-12-17)22-18-13-6-7-14-24(18)21/h3-14,23H,1-2H3. The van der Waals surface area contributed by atoms with Crippen molar-refractivity contribution >= 4 is 17.2 Å². The summed E-state index contributed by atoms with van der Waals surface area (Å²) in [5.74, 6) is 0.995. The van der Waals surface area contributed by atoms with Crippen LogP contribution in [0.5, 0.6) is 0 Å². The Labute approximate surface area is 141 Å². The number of aryl methyl sites for hydroxylation is 2. The first kappa shape index (κ1) is 14.5. The van der Waals surface area contributed by atoms with Gasteiger partial charge >= 0.3 is 0 Å². The van der Waals surface area contributed by atoms with Crippen molar-refractivity contribution in [1.82, 2.24) is 9.38 Å². The Balaban J connectivity index is 1.93. The Morgan fingerprint density at radius 1 is 0.792 bits per heavy atom. The van der Waals surface area contributed by atoms with Gasteiger partial charge in [0.2, 0.25) is 0 Å². The summed E-state index contributed by atoms with van der Waals surface area (Å²) in [4.78, 5) is 4.84. The topological polar surface area (TPSA) is 29.3 Å². The summed E-state index contributed by atoms with van der Waals surface area (Å²) in [6.07, 6.45) is 2.05. The van der Waals surface area contributed by atoms with Crippen molar-refractivity contribution in [3.63, 3.8) is 0 Å². The zero-order valence-electron chi connectivity index (χ0n) is 13.8. The van der Waals surface area contributed by atoms with E-state index in [1.165, 1.54) is 11.1 Å². The molecule has 2 aromatic heterocycles. The van der Waals surface area contributed by atoms with Gasteiger partial charge in [-0.25, -0.2) is 4.98 Å². The van der Waals surface area contributed by atoms with Crippen LogP contribution < -0.4 is 5.32 Å². The summed E-state index contributed by atoms with van der Waals surface area (Å²) in [6.45, 7) is 4.25. The molecule has 0 radical (unpaired) electrons. The van der Waals surface area contributed by atoms with E-state index in [2.05, 4.69) is 53.9 Å². The molecule has 0 saturated carbocycles. The molecule has 0 saturated heterocycles. The molecule has 2 heterocycles. The second-order valence-corrected chi connectivity index (χ2v) is 6.00. The fraction of sp³-hybridized carbons (Fsp3) is 0.0952. The average Bonchev–Trinajstić information content (AvgIpc) is 2.98. The number of hydrogen-bond acceptors (Lipinski definition) is 2. The summed E-state index contributed by atoms with van der Waals surface area (Å²) in [5.41, 5.74) is 6.59. The summed E-state index contributed by atoms with van der Waals surface area (Å²) >= 11 is 0. The van der Waals surface area contributed by atoms with Gasteiger partial charge in [-0.15, -0.1) is 0 Å². The molecular weight excluding hydrogens is 294 g/mol. The third-order valence-electron chi connectivity index (χ3n) is 4.30. The lowest BCUT2D eigenvalue weighted by atomic mass is 10.1. The molecule has 3 heteroatoms. The monoisotopic (exact) mass is 313 g/mol. The van der Waals surface area contributed by atoms with Crippen molar-refractivity contribution < 1.29 is 0 Å². The minimum atomic E-state index is 0.935. The van der Waals surface area contributed by atoms with E-state index in [9.17, 15) is 0 Å². The van der Waals surface area contributed by atoms with Gasteiger partial charge in [0.05, 0.1) is 0 Å². The molecule has 0 atom stereocenters. The van der Waals surface area contributed by atoms with E-state index in [-0.39, 0.29) is 0 Å². The van der Waals surface area contributed by atoms with Crippen LogP contribution in [0, 0.1) is 13.8 Å². The van der Waals surface area contributed by atoms with Crippen LogP contribution in [-0.2, 0) is 0 Å². The van der Waals surface area contributed by atoms with Gasteiger partial charge in [-0.05, 0) is 37.1 Å². The number of para-hydroxylation sites is 1. The predicted molar refractivity (Wildman–Crippen MR) is 99.8 cm³/mol. The number of aromatic nitrogens is 2. The Hall–Kier alpha value is -3.07. The highest BCUT2D eigenvalue weighted by Crippen LogP contribution is 2.33. The van der Waals surface area contributed by atoms with Crippen LogP contribution >= 0.6 is 0 Å². The maximum atomic E-state index is 4.84. The van der Waals surface area contributed by atoms with Gasteiger partial charge in [0.1, 0.15) is 17.2 Å². The molecule has 0 unspecified atom stereocenters. The van der Waals surface area contributed by atoms with E-state index < -0.39 is 0 Å². The molecule has 0 bridgehead atoms. The number of pyridine rings is 1. The van der Waals surface area contributed by atoms with E-state index in [0.717, 1.165) is 28.4 Å². The van der Waals surface area contributed by atoms with Crippen molar-refractivity contribution in [2.45, 2.75) is 13.8 Å². The van der Waals surface area contributed by atoms with Gasteiger partial charge < -0.3 is 5.32 Å². The summed E-state index contributed by atoms with van der Waals surface area (Å²) in [5, 5.41) is 3.63. The Bertz CT molecular complexity index is 980. The molecule has 118 valence electrons. The van der Waals surface area contributed by atoms with Crippen LogP contribution in [0.4, 0.5) is 11.5 Å². The molecular formula is C21H19N3. The second kappa shape index (κ2) is 5.85. The summed E-state index contributed by atoms with van der Waals surface area (Å²) in [7, 11) is 0. The lowest BCUT2D eigenvalue weighted by Crippen LogP contribution is -2.00. The second-order valence-electron chi connectivity index (χ2n) is 6.00. The lowest BCUT2D eigenvalue weighted by molar-refractivity contribution is 1.18. The van der Waals surface area contributed by atoms with E-state index in [0.29, 0.717) is 0 Å². The first-order valence-corrected chi connectivity index (χ1v) is 8.10. The van der Waals surface area contributed by atoms with Crippen molar-refractivity contribution in [2.75, 3.05) is 5.32 Å². The molecule has 0 fully saturated rings. The minimum Gasteiger partial charge on any atom is -0.339 e. The number of benzene rings is 2. The molecule has 0 aliphatic heterocycles. The fourth-order valence-corrected chi connectivity index (χ4v) is 3.04. The van der Waals surface area contributed by atoms with Gasteiger partial charge in [-0.3, -0.25) is 4.40 Å². The van der Waals surface area contributed by atoms with E-state index >= 15 is 0 Å². The van der Waals surface area contributed by atoms with Crippen LogP contribution in [0.15, 0.2) is 72.9 Å². The van der Waals surface area contributed by atoms with Crippen LogP contribution in [-0.4, -0.2) is 9.38 Å². The highest BCUT2D eigenvalue weighted by Gasteiger charge is 2.15. The molecule has 4 rings (SSSR count). The van der Waals surface area contributed by atoms with Crippen molar-refractivity contribution in [1.29, 1.82) is 0 Å². The van der Waals surface area contributed by atoms with E-state index in [1.807, 2.05) is 42.6 Å². The number of nitrogens with one attached hydrogen (secondary N) is 1. The molecule has 0 aliphatic rings. The highest BCUT2D eigenvalue weighted by atomic mass is 15.1. The van der Waals surface area contributed by atoms with Crippen molar-refractivity contribution in [3.05, 3.63) is 84.1 Å². The number of nitrogens with zero attached hydrogens (tertiary/aromatic N) is 2. The lowest BCUT2D eigenvalue weighted by Gasteiger charge is -2.14. The van der Waals surface area contributed by atoms with E-state index in [1.54, 1.807) is 0 Å². The van der Waals surface area contributed by atoms with Gasteiger partial charge in [0.25, 0.3) is 0 Å². The summed E-state index contributed by atoms with van der Waals surface area (Å²) in [6, 6.07) is 22.7. The van der Waals surface area contributed by atoms with E-state index in [4.69, 9.17) is 4.98 Å². The number of fused-ring (bicyclic) bond motifs is 1. The number of rotatable bonds is 3. The van der Waals surface area contributed by atoms with Crippen molar-refractivity contribution in [3.8, 4) is 11.3 Å². The van der Waals surface area contributed by atoms with Gasteiger partial charge in [-0.1, -0.05) is 54.6 Å². The SMILES string of the molecule is Cc1cccc(C)c1Nc1c(-c2ccccc2)nc2ccccn12. The number of hydrogen-bond donors (Lipinski definition) is 1. The zero-order chi connectivity index (χ0) is 16.5. The maximum Gasteiger partial charge on any atom is 0.143 e. The fourth-order valence-electron chi connectivity index (χ4n) is 3.04. The third kappa shape index (κ3) is 2.44. The molecule has 2 aromatic carbocycles. The van der Waals surface area contributed by atoms with Gasteiger partial charge in [0.15, 0.2) is 0 Å². The smallest absolute Gasteiger partial charge is 0.143 e. The first-order chi connectivity index (χ1) is 11.7. The van der Waals surface area contributed by atoms with Crippen LogP contribution in [0.2, 0.25) is 0 Å². The molecule has 3 nitrogen and oxygen atoms in total. The summed E-state index contributed by atoms with van der Waals surface area (Å²) < 4.78 is 2.11. The first-order valence-electron chi connectivity index (χ1n) is 8.10. The van der Waals surface area contributed by atoms with Crippen LogP contribution in [0.25, 0.3) is 16.9 Å². The van der Waals surface area contributed by atoms with Crippen molar-refractivity contribution in [2.24, 2.45) is 0 Å². The molecule has 0 spiro atoms. The molecule has 0 aliphatic carbocycles. The molecule has 1 N–H and O–H groups in total. The Morgan fingerprint density at radius 3 is 2.25 bits per heavy atom. The zero-order valence-corrected chi connectivity index (χ0v) is 13.8. The van der Waals surface area contributed by atoms with Gasteiger partial charge in [0, 0.05) is 17.4 Å². The Morgan fingerprint density at radius 2 is 1.50 bits per heavy atom. The Kier molecular flexibility index (Phi) is 3.54. The normalized spacial score (nSPS) is 10.9. The quantitative estimate of drug-likeness (QED) is 0.551. The third-order valence-corrected chi connectivity index (χ3v) is 4.30. The molecule has 0 amide bonds. The minimum absolute atomic E-state index is 0.935. The van der Waals surface area contributed by atoms with Gasteiger partial charge in [-0.2, -0.15) is 0 Å². The highest BCUT2D eigenvalue weighted by molar-refractivity contribution is 5.81. The predicted octanol–water partition coefficient (Wildman–Crippen LogP) is 5.36. The average molecular weight is 313 g/mol. The van der Waals surface area contributed by atoms with Crippen LogP contribution in [0.3, 0.4) is 0 Å². The molecule has 24 heavy (non-hydrogen) atoms. The largest absolute Gasteiger partial charge is 0.339 e. The number of imidazole rings is 1. The number of anilines is 2.